The average molecular weight is 419 g/mol. The predicted octanol–water partition coefficient (Wildman–Crippen LogP) is 1.61. The summed E-state index contributed by atoms with van der Waals surface area (Å²) in [6.07, 6.45) is -8.15. The number of hydrogen-bond donors (Lipinski definition) is 4. The number of pyridine rings is 1. The Balaban J connectivity index is 2.18. The molecule has 2 aromatic heterocycles. The highest BCUT2D eigenvalue weighted by Gasteiger charge is 2.46. The van der Waals surface area contributed by atoms with E-state index in [1.54, 1.807) is 0 Å². The third-order valence-electron chi connectivity index (χ3n) is 4.72. The van der Waals surface area contributed by atoms with Crippen LogP contribution in [0.25, 0.3) is 10.2 Å². The van der Waals surface area contributed by atoms with Gasteiger partial charge in [-0.3, -0.25) is 4.79 Å². The van der Waals surface area contributed by atoms with Crippen LogP contribution in [0.1, 0.15) is 28.0 Å². The lowest BCUT2D eigenvalue weighted by atomic mass is 9.84. The number of aromatic nitrogens is 1. The van der Waals surface area contributed by atoms with Crippen LogP contribution in [0.2, 0.25) is 0 Å². The van der Waals surface area contributed by atoms with Crippen molar-refractivity contribution in [2.75, 3.05) is 20.1 Å². The summed E-state index contributed by atoms with van der Waals surface area (Å²) in [5.41, 5.74) is -4.07. The normalized spacial score (nSPS) is 23.1. The fourth-order valence-electron chi connectivity index (χ4n) is 3.13. The standard InChI is InChI=1S/C16H16F3N3O5S/c1-20-13(24)7-6-28-12-8(16(17,18)19)4-9(21-11(7)12)15(27)2-3-22(14(25)26)5-10(15)23/h4,6,10,23,27H,2-3,5H2,1H3,(H,20,24)(H,25,26)/t10-,15-/m0/s1. The van der Waals surface area contributed by atoms with Crippen molar-refractivity contribution in [3.8, 4) is 0 Å². The van der Waals surface area contributed by atoms with Crippen molar-refractivity contribution >= 4 is 33.6 Å². The molecule has 28 heavy (non-hydrogen) atoms. The second kappa shape index (κ2) is 6.87. The van der Waals surface area contributed by atoms with Gasteiger partial charge in [0.15, 0.2) is 0 Å². The smallest absolute Gasteiger partial charge is 0.417 e. The summed E-state index contributed by atoms with van der Waals surface area (Å²) in [7, 11) is 1.32. The molecule has 3 heterocycles. The van der Waals surface area contributed by atoms with E-state index in [2.05, 4.69) is 10.3 Å². The lowest BCUT2D eigenvalue weighted by molar-refractivity contribution is -0.137. The minimum absolute atomic E-state index is 0.0871. The Kier molecular flexibility index (Phi) is 4.98. The van der Waals surface area contributed by atoms with Gasteiger partial charge in [-0.2, -0.15) is 13.2 Å². The second-order valence-electron chi connectivity index (χ2n) is 6.38. The third-order valence-corrected chi connectivity index (χ3v) is 5.72. The van der Waals surface area contributed by atoms with Crippen LogP contribution in [0.3, 0.4) is 0 Å². The zero-order valence-corrected chi connectivity index (χ0v) is 15.3. The molecule has 1 saturated heterocycles. The van der Waals surface area contributed by atoms with Crippen LogP contribution in [0.15, 0.2) is 11.4 Å². The molecule has 2 atom stereocenters. The molecule has 12 heteroatoms. The summed E-state index contributed by atoms with van der Waals surface area (Å²) in [5.74, 6) is -0.641. The number of nitrogens with zero attached hydrogens (tertiary/aromatic N) is 2. The van der Waals surface area contributed by atoms with E-state index in [0.29, 0.717) is 17.4 Å². The largest absolute Gasteiger partial charge is 0.465 e. The van der Waals surface area contributed by atoms with Gasteiger partial charge in [0.1, 0.15) is 11.7 Å². The number of thiophene rings is 1. The highest BCUT2D eigenvalue weighted by Crippen LogP contribution is 2.42. The summed E-state index contributed by atoms with van der Waals surface area (Å²) in [6.45, 7) is -0.686. The van der Waals surface area contributed by atoms with E-state index in [4.69, 9.17) is 5.11 Å². The molecule has 1 aliphatic rings. The molecule has 0 saturated carbocycles. The molecule has 8 nitrogen and oxygen atoms in total. The SMILES string of the molecule is CNC(=O)c1csc2c(C(F)(F)F)cc([C@@]3(O)CCN(C(=O)O)C[C@@H]3O)nc12. The molecule has 1 fully saturated rings. The number of fused-ring (bicyclic) bond motifs is 1. The molecule has 1 aliphatic heterocycles. The van der Waals surface area contributed by atoms with Gasteiger partial charge in [0.25, 0.3) is 5.91 Å². The van der Waals surface area contributed by atoms with Crippen LogP contribution >= 0.6 is 11.3 Å². The number of carboxylic acid groups (broad SMARTS) is 1. The number of amides is 2. The molecule has 152 valence electrons. The van der Waals surface area contributed by atoms with Crippen LogP contribution in [0.4, 0.5) is 18.0 Å². The zero-order chi connectivity index (χ0) is 20.9. The highest BCUT2D eigenvalue weighted by atomic mass is 32.1. The number of aliphatic hydroxyl groups is 2. The molecule has 2 amide bonds. The number of rotatable bonds is 2. The van der Waals surface area contributed by atoms with Gasteiger partial charge in [0.05, 0.1) is 33.6 Å². The van der Waals surface area contributed by atoms with Gasteiger partial charge >= 0.3 is 12.3 Å². The number of nitrogens with one attached hydrogen (secondary N) is 1. The summed E-state index contributed by atoms with van der Waals surface area (Å²) >= 11 is 0.697. The van der Waals surface area contributed by atoms with E-state index in [1.165, 1.54) is 12.4 Å². The van der Waals surface area contributed by atoms with Gasteiger partial charge in [-0.15, -0.1) is 11.3 Å². The molecule has 0 aliphatic carbocycles. The Bertz CT molecular complexity index is 947. The number of piperidine rings is 1. The first-order valence-corrected chi connectivity index (χ1v) is 8.97. The Hall–Kier alpha value is -2.44. The van der Waals surface area contributed by atoms with Gasteiger partial charge in [-0.05, 0) is 6.07 Å². The fraction of sp³-hybridized carbons (Fsp3) is 0.438. The van der Waals surface area contributed by atoms with Gasteiger partial charge in [-0.1, -0.05) is 0 Å². The third kappa shape index (κ3) is 3.27. The fourth-order valence-corrected chi connectivity index (χ4v) is 4.16. The minimum atomic E-state index is -4.79. The quantitative estimate of drug-likeness (QED) is 0.587. The van der Waals surface area contributed by atoms with Crippen LogP contribution in [-0.2, 0) is 11.8 Å². The van der Waals surface area contributed by atoms with Crippen molar-refractivity contribution in [1.29, 1.82) is 0 Å². The predicted molar refractivity (Wildman–Crippen MR) is 92.1 cm³/mol. The number of halogens is 3. The number of alkyl halides is 3. The van der Waals surface area contributed by atoms with Crippen molar-refractivity contribution in [1.82, 2.24) is 15.2 Å². The summed E-state index contributed by atoms with van der Waals surface area (Å²) in [4.78, 5) is 28.0. The highest BCUT2D eigenvalue weighted by molar-refractivity contribution is 7.17. The number of hydrogen-bond acceptors (Lipinski definition) is 6. The van der Waals surface area contributed by atoms with Crippen molar-refractivity contribution < 1.29 is 38.1 Å². The Labute approximate surface area is 160 Å². The summed E-state index contributed by atoms with van der Waals surface area (Å²) in [6, 6.07) is 0.645. The molecule has 0 unspecified atom stereocenters. The average Bonchev–Trinajstić information content (AvgIpc) is 3.05. The van der Waals surface area contributed by atoms with Crippen molar-refractivity contribution in [3.63, 3.8) is 0 Å². The number of likely N-dealkylation sites (tertiary alicyclic amines) is 1. The van der Waals surface area contributed by atoms with Gasteiger partial charge < -0.3 is 25.5 Å². The minimum Gasteiger partial charge on any atom is -0.465 e. The Morgan fingerprint density at radius 1 is 1.43 bits per heavy atom. The molecule has 0 bridgehead atoms. The topological polar surface area (TPSA) is 123 Å². The number of aliphatic hydroxyl groups excluding tert-OH is 1. The lowest BCUT2D eigenvalue weighted by Gasteiger charge is -2.40. The maximum atomic E-state index is 13.6. The van der Waals surface area contributed by atoms with Crippen LogP contribution < -0.4 is 5.32 Å². The molecule has 4 N–H and O–H groups in total. The Morgan fingerprint density at radius 2 is 2.11 bits per heavy atom. The molecule has 0 aromatic carbocycles. The number of carbonyl (C=O) groups is 2. The van der Waals surface area contributed by atoms with Gasteiger partial charge in [-0.25, -0.2) is 9.78 Å². The van der Waals surface area contributed by atoms with Gasteiger partial charge in [0.2, 0.25) is 0 Å². The maximum Gasteiger partial charge on any atom is 0.417 e. The van der Waals surface area contributed by atoms with E-state index in [-0.39, 0.29) is 28.7 Å². The van der Waals surface area contributed by atoms with Crippen LogP contribution in [0.5, 0.6) is 0 Å². The zero-order valence-electron chi connectivity index (χ0n) is 14.4. The lowest BCUT2D eigenvalue weighted by Crippen LogP contribution is -2.55. The van der Waals surface area contributed by atoms with Crippen molar-refractivity contribution in [2.24, 2.45) is 0 Å². The van der Waals surface area contributed by atoms with Gasteiger partial charge in [0, 0.05) is 25.4 Å². The van der Waals surface area contributed by atoms with Crippen LogP contribution in [0, 0.1) is 0 Å². The van der Waals surface area contributed by atoms with E-state index < -0.39 is 47.7 Å². The van der Waals surface area contributed by atoms with E-state index in [1.807, 2.05) is 0 Å². The molecular formula is C16H16F3N3O5S. The van der Waals surface area contributed by atoms with E-state index in [0.717, 1.165) is 4.90 Å². The van der Waals surface area contributed by atoms with E-state index >= 15 is 0 Å². The first-order valence-electron chi connectivity index (χ1n) is 8.09. The number of carbonyl (C=O) groups excluding carboxylic acids is 1. The van der Waals surface area contributed by atoms with Crippen molar-refractivity contribution in [3.05, 3.63) is 28.3 Å². The molecule has 3 rings (SSSR count). The van der Waals surface area contributed by atoms with E-state index in [9.17, 15) is 33.0 Å². The van der Waals surface area contributed by atoms with Crippen LogP contribution in [-0.4, -0.2) is 63.4 Å². The molecular weight excluding hydrogens is 403 g/mol. The summed E-state index contributed by atoms with van der Waals surface area (Å²) in [5, 5.41) is 33.7. The monoisotopic (exact) mass is 419 g/mol. The Morgan fingerprint density at radius 3 is 2.64 bits per heavy atom. The first kappa shape index (κ1) is 20.3. The van der Waals surface area contributed by atoms with Crippen molar-refractivity contribution in [2.45, 2.75) is 24.3 Å². The maximum absolute atomic E-state index is 13.6. The second-order valence-corrected chi connectivity index (χ2v) is 7.26. The summed E-state index contributed by atoms with van der Waals surface area (Å²) < 4.78 is 40.5. The molecule has 2 aromatic rings. The molecule has 0 radical (unpaired) electrons. The molecule has 0 spiro atoms. The number of β-amino-alcohol motifs (C(OH)–C–C–N with tert-alkyl or cyclic N) is 1. The first-order chi connectivity index (χ1) is 13.0.